The van der Waals surface area contributed by atoms with E-state index in [0.29, 0.717) is 17.5 Å². The van der Waals surface area contributed by atoms with Crippen molar-refractivity contribution in [2.45, 2.75) is 6.54 Å². The van der Waals surface area contributed by atoms with Gasteiger partial charge in [-0.3, -0.25) is 9.36 Å². The summed E-state index contributed by atoms with van der Waals surface area (Å²) in [4.78, 5) is 8.64. The molecule has 3 heterocycles. The van der Waals surface area contributed by atoms with Gasteiger partial charge in [-0.2, -0.15) is 10.2 Å². The van der Waals surface area contributed by atoms with Crippen LogP contribution in [0, 0.1) is 0 Å². The van der Waals surface area contributed by atoms with Crippen LogP contribution in [0.1, 0.15) is 5.82 Å². The Hall–Kier alpha value is -1.95. The van der Waals surface area contributed by atoms with Crippen LogP contribution in [0.15, 0.2) is 24.7 Å². The lowest BCUT2D eigenvalue weighted by molar-refractivity contribution is 0.655. The summed E-state index contributed by atoms with van der Waals surface area (Å²) in [6, 6.07) is 1.85. The minimum atomic E-state index is 0.422. The third-order valence-corrected chi connectivity index (χ3v) is 2.74. The van der Waals surface area contributed by atoms with Crippen molar-refractivity contribution < 1.29 is 0 Å². The molecule has 3 aromatic rings. The van der Waals surface area contributed by atoms with Crippen molar-refractivity contribution in [2.75, 3.05) is 0 Å². The standard InChI is InChI=1S/C10H9ClN6/c1-16-10-7(5-13-16)9(11)14-8(15-10)6-17-4-2-3-12-17/h2-5H,6H2,1H3. The first-order valence-electron chi connectivity index (χ1n) is 5.05. The van der Waals surface area contributed by atoms with E-state index in [-0.39, 0.29) is 0 Å². The summed E-state index contributed by atoms with van der Waals surface area (Å²) in [6.45, 7) is 0.494. The van der Waals surface area contributed by atoms with Gasteiger partial charge in [0.2, 0.25) is 0 Å². The van der Waals surface area contributed by atoms with E-state index < -0.39 is 0 Å². The summed E-state index contributed by atoms with van der Waals surface area (Å²) in [5.74, 6) is 0.620. The zero-order chi connectivity index (χ0) is 11.8. The largest absolute Gasteiger partial charge is 0.265 e. The van der Waals surface area contributed by atoms with E-state index >= 15 is 0 Å². The van der Waals surface area contributed by atoms with Crippen molar-refractivity contribution in [3.63, 3.8) is 0 Å². The Kier molecular flexibility index (Phi) is 2.29. The molecule has 0 fully saturated rings. The van der Waals surface area contributed by atoms with Gasteiger partial charge in [0, 0.05) is 19.4 Å². The van der Waals surface area contributed by atoms with Gasteiger partial charge in [-0.15, -0.1) is 0 Å². The number of aryl methyl sites for hydroxylation is 1. The fourth-order valence-corrected chi connectivity index (χ4v) is 1.87. The molecule has 0 aromatic carbocycles. The van der Waals surface area contributed by atoms with E-state index in [1.807, 2.05) is 19.3 Å². The molecule has 0 amide bonds. The Morgan fingerprint density at radius 1 is 1.29 bits per heavy atom. The van der Waals surface area contributed by atoms with Gasteiger partial charge < -0.3 is 0 Å². The maximum absolute atomic E-state index is 6.08. The number of halogens is 1. The monoisotopic (exact) mass is 248 g/mol. The Bertz CT molecular complexity index is 657. The minimum Gasteiger partial charge on any atom is -0.265 e. The van der Waals surface area contributed by atoms with Gasteiger partial charge in [0.25, 0.3) is 0 Å². The summed E-state index contributed by atoms with van der Waals surface area (Å²) in [7, 11) is 1.82. The molecule has 0 aliphatic rings. The highest BCUT2D eigenvalue weighted by molar-refractivity contribution is 6.33. The van der Waals surface area contributed by atoms with Gasteiger partial charge in [-0.25, -0.2) is 9.97 Å². The molecule has 17 heavy (non-hydrogen) atoms. The third-order valence-electron chi connectivity index (χ3n) is 2.45. The third kappa shape index (κ3) is 1.76. The molecule has 86 valence electrons. The highest BCUT2D eigenvalue weighted by Crippen LogP contribution is 2.19. The van der Waals surface area contributed by atoms with Crippen LogP contribution < -0.4 is 0 Å². The second-order valence-electron chi connectivity index (χ2n) is 3.64. The van der Waals surface area contributed by atoms with Crippen molar-refractivity contribution in [2.24, 2.45) is 7.05 Å². The zero-order valence-electron chi connectivity index (χ0n) is 9.08. The van der Waals surface area contributed by atoms with E-state index in [9.17, 15) is 0 Å². The summed E-state index contributed by atoms with van der Waals surface area (Å²) < 4.78 is 3.42. The first-order chi connectivity index (χ1) is 8.24. The summed E-state index contributed by atoms with van der Waals surface area (Å²) >= 11 is 6.08. The lowest BCUT2D eigenvalue weighted by Crippen LogP contribution is -2.06. The van der Waals surface area contributed by atoms with Crippen molar-refractivity contribution in [1.82, 2.24) is 29.5 Å². The molecule has 0 saturated heterocycles. The number of nitrogens with zero attached hydrogens (tertiary/aromatic N) is 6. The van der Waals surface area contributed by atoms with E-state index in [4.69, 9.17) is 11.6 Å². The van der Waals surface area contributed by atoms with Crippen LogP contribution in [-0.2, 0) is 13.6 Å². The van der Waals surface area contributed by atoms with Gasteiger partial charge in [-0.05, 0) is 6.07 Å². The van der Waals surface area contributed by atoms with Crippen LogP contribution in [-0.4, -0.2) is 29.5 Å². The SMILES string of the molecule is Cn1ncc2c(Cl)nc(Cn3cccn3)nc21. The lowest BCUT2D eigenvalue weighted by Gasteiger charge is -2.02. The Morgan fingerprint density at radius 2 is 2.18 bits per heavy atom. The normalized spacial score (nSPS) is 11.2. The van der Waals surface area contributed by atoms with Crippen LogP contribution in [0.25, 0.3) is 11.0 Å². The molecule has 0 aliphatic carbocycles. The van der Waals surface area contributed by atoms with Gasteiger partial charge in [-0.1, -0.05) is 11.6 Å². The molecule has 0 atom stereocenters. The average Bonchev–Trinajstić information content (AvgIpc) is 2.90. The van der Waals surface area contributed by atoms with Crippen molar-refractivity contribution in [1.29, 1.82) is 0 Å². The van der Waals surface area contributed by atoms with Crippen LogP contribution in [0.2, 0.25) is 5.15 Å². The van der Waals surface area contributed by atoms with E-state index in [1.165, 1.54) is 0 Å². The highest BCUT2D eigenvalue weighted by atomic mass is 35.5. The molecule has 6 nitrogen and oxygen atoms in total. The van der Waals surface area contributed by atoms with Gasteiger partial charge in [0.15, 0.2) is 11.5 Å². The fourth-order valence-electron chi connectivity index (χ4n) is 1.64. The van der Waals surface area contributed by atoms with Crippen molar-refractivity contribution in [3.05, 3.63) is 35.6 Å². The maximum Gasteiger partial charge on any atom is 0.162 e. The van der Waals surface area contributed by atoms with Gasteiger partial charge >= 0.3 is 0 Å². The van der Waals surface area contributed by atoms with E-state index in [1.54, 1.807) is 21.8 Å². The summed E-state index contributed by atoms with van der Waals surface area (Å²) in [6.07, 6.45) is 5.23. The smallest absolute Gasteiger partial charge is 0.162 e. The molecule has 3 rings (SSSR count). The number of rotatable bonds is 2. The molecule has 0 saturated carbocycles. The van der Waals surface area contributed by atoms with Gasteiger partial charge in [0.05, 0.1) is 11.6 Å². The van der Waals surface area contributed by atoms with Gasteiger partial charge in [0.1, 0.15) is 11.7 Å². The molecule has 0 bridgehead atoms. The molecule has 3 aromatic heterocycles. The molecule has 0 spiro atoms. The van der Waals surface area contributed by atoms with E-state index in [0.717, 1.165) is 11.0 Å². The molecule has 0 N–H and O–H groups in total. The highest BCUT2D eigenvalue weighted by Gasteiger charge is 2.10. The molecule has 0 unspecified atom stereocenters. The molecule has 0 radical (unpaired) electrons. The quantitative estimate of drug-likeness (QED) is 0.641. The van der Waals surface area contributed by atoms with Crippen molar-refractivity contribution in [3.8, 4) is 0 Å². The lowest BCUT2D eigenvalue weighted by atomic mass is 10.4. The van der Waals surface area contributed by atoms with Crippen LogP contribution in [0.3, 0.4) is 0 Å². The first kappa shape index (κ1) is 10.2. The molecular weight excluding hydrogens is 240 g/mol. The predicted molar refractivity (Wildman–Crippen MR) is 62.6 cm³/mol. The maximum atomic E-state index is 6.08. The zero-order valence-corrected chi connectivity index (χ0v) is 9.83. The summed E-state index contributed by atoms with van der Waals surface area (Å²) in [5.41, 5.74) is 0.729. The second-order valence-corrected chi connectivity index (χ2v) is 4.00. The minimum absolute atomic E-state index is 0.422. The van der Waals surface area contributed by atoms with Crippen LogP contribution >= 0.6 is 11.6 Å². The number of aromatic nitrogens is 6. The fraction of sp³-hybridized carbons (Fsp3) is 0.200. The number of hydrogen-bond acceptors (Lipinski definition) is 4. The average molecular weight is 249 g/mol. The van der Waals surface area contributed by atoms with Crippen LogP contribution in [0.4, 0.5) is 0 Å². The second kappa shape index (κ2) is 3.81. The Labute approximate surface area is 102 Å². The first-order valence-corrected chi connectivity index (χ1v) is 5.43. The predicted octanol–water partition coefficient (Wildman–Crippen LogP) is 1.26. The molecular formula is C10H9ClN6. The molecule has 0 aliphatic heterocycles. The Morgan fingerprint density at radius 3 is 2.94 bits per heavy atom. The van der Waals surface area contributed by atoms with E-state index in [2.05, 4.69) is 20.2 Å². The van der Waals surface area contributed by atoms with Crippen molar-refractivity contribution >= 4 is 22.6 Å². The van der Waals surface area contributed by atoms with Crippen LogP contribution in [0.5, 0.6) is 0 Å². The topological polar surface area (TPSA) is 61.4 Å². The number of fused-ring (bicyclic) bond motifs is 1. The number of hydrogen-bond donors (Lipinski definition) is 0. The summed E-state index contributed by atoms with van der Waals surface area (Å²) in [5, 5.41) is 9.39. The molecule has 7 heteroatoms. The Balaban J connectivity index is 2.08.